The average Bonchev–Trinajstić information content (AvgIpc) is 3.31. The Hall–Kier alpha value is -1.44. The first-order valence-electron chi connectivity index (χ1n) is 17.1. The molecule has 0 radical (unpaired) electrons. The van der Waals surface area contributed by atoms with Gasteiger partial charge in [-0.05, 0) is 24.8 Å². The summed E-state index contributed by atoms with van der Waals surface area (Å²) in [4.78, 5) is 5.24. The summed E-state index contributed by atoms with van der Waals surface area (Å²) in [6.45, 7) is 6.87. The topological polar surface area (TPSA) is 6.48 Å². The van der Waals surface area contributed by atoms with Crippen LogP contribution in [0.25, 0.3) is 0 Å². The molecule has 1 atom stereocenters. The van der Waals surface area contributed by atoms with Crippen molar-refractivity contribution in [2.45, 2.75) is 174 Å². The Morgan fingerprint density at radius 2 is 0.895 bits per heavy atom. The molecule has 38 heavy (non-hydrogen) atoms. The first-order valence-corrected chi connectivity index (χ1v) is 17.1. The zero-order valence-corrected chi connectivity index (χ0v) is 25.7. The van der Waals surface area contributed by atoms with Gasteiger partial charge in [0.05, 0.1) is 0 Å². The molecule has 2 heteroatoms. The van der Waals surface area contributed by atoms with Crippen LogP contribution in [0.5, 0.6) is 0 Å². The Morgan fingerprint density at radius 3 is 1.39 bits per heavy atom. The largest absolute Gasteiger partial charge is 0.356 e. The predicted octanol–water partition coefficient (Wildman–Crippen LogP) is 11.6. The molecule has 0 bridgehead atoms. The van der Waals surface area contributed by atoms with E-state index in [9.17, 15) is 0 Å². The van der Waals surface area contributed by atoms with Gasteiger partial charge in [0.2, 0.25) is 0 Å². The minimum absolute atomic E-state index is 0.553. The molecular weight excluding hydrogens is 460 g/mol. The number of unbranched alkanes of at least 4 members (excludes halogenated alkanes) is 20. The van der Waals surface area contributed by atoms with E-state index < -0.39 is 0 Å². The third-order valence-corrected chi connectivity index (χ3v) is 8.51. The summed E-state index contributed by atoms with van der Waals surface area (Å²) in [6.07, 6.45) is 37.9. The van der Waals surface area contributed by atoms with Crippen molar-refractivity contribution in [2.75, 3.05) is 6.54 Å². The normalized spacial score (nSPS) is 15.2. The van der Waals surface area contributed by atoms with Crippen LogP contribution in [0.4, 0.5) is 0 Å². The van der Waals surface area contributed by atoms with Crippen molar-refractivity contribution in [1.29, 1.82) is 0 Å². The van der Waals surface area contributed by atoms with Gasteiger partial charge in [-0.15, -0.1) is 0 Å². The highest BCUT2D eigenvalue weighted by Crippen LogP contribution is 2.25. The van der Waals surface area contributed by atoms with Crippen LogP contribution in [0.2, 0.25) is 0 Å². The SMILES string of the molecule is CCCCCCCCCCCCCCCCCCN1C=CN(Cc2ccccc2)C1CCCCCCCC. The monoisotopic (exact) mass is 525 g/mol. The summed E-state index contributed by atoms with van der Waals surface area (Å²) in [5.74, 6) is 0. The number of hydrogen-bond donors (Lipinski definition) is 0. The van der Waals surface area contributed by atoms with E-state index in [1.807, 2.05) is 0 Å². The second-order valence-electron chi connectivity index (χ2n) is 12.0. The predicted molar refractivity (Wildman–Crippen MR) is 169 cm³/mol. The molecule has 1 aromatic rings. The number of hydrogen-bond acceptors (Lipinski definition) is 2. The van der Waals surface area contributed by atoms with Gasteiger partial charge < -0.3 is 9.80 Å². The van der Waals surface area contributed by atoms with Crippen molar-refractivity contribution in [3.05, 3.63) is 48.3 Å². The molecule has 1 aliphatic rings. The highest BCUT2D eigenvalue weighted by atomic mass is 15.4. The van der Waals surface area contributed by atoms with Crippen LogP contribution >= 0.6 is 0 Å². The molecule has 0 aliphatic carbocycles. The van der Waals surface area contributed by atoms with Crippen molar-refractivity contribution < 1.29 is 0 Å². The molecule has 2 rings (SSSR count). The maximum absolute atomic E-state index is 2.65. The molecule has 0 saturated carbocycles. The molecular formula is C36H64N2. The Morgan fingerprint density at radius 1 is 0.474 bits per heavy atom. The van der Waals surface area contributed by atoms with E-state index in [4.69, 9.17) is 0 Å². The summed E-state index contributed by atoms with van der Waals surface area (Å²) in [7, 11) is 0. The first kappa shape index (κ1) is 32.8. The Bertz CT molecular complexity index is 655. The maximum Gasteiger partial charge on any atom is 0.101 e. The van der Waals surface area contributed by atoms with E-state index in [0.717, 1.165) is 6.54 Å². The molecule has 0 saturated heterocycles. The lowest BCUT2D eigenvalue weighted by atomic mass is 10.0. The lowest BCUT2D eigenvalue weighted by Gasteiger charge is -2.33. The molecule has 0 aromatic heterocycles. The van der Waals surface area contributed by atoms with Gasteiger partial charge in [-0.1, -0.05) is 173 Å². The molecule has 1 heterocycles. The van der Waals surface area contributed by atoms with Crippen LogP contribution in [0.1, 0.15) is 167 Å². The highest BCUT2D eigenvalue weighted by Gasteiger charge is 2.25. The van der Waals surface area contributed by atoms with E-state index in [2.05, 4.69) is 66.4 Å². The molecule has 0 fully saturated rings. The summed E-state index contributed by atoms with van der Waals surface area (Å²) in [5, 5.41) is 0. The molecule has 2 nitrogen and oxygen atoms in total. The van der Waals surface area contributed by atoms with Gasteiger partial charge >= 0.3 is 0 Å². The minimum Gasteiger partial charge on any atom is -0.356 e. The third kappa shape index (κ3) is 15.8. The fraction of sp³-hybridized carbons (Fsp3) is 0.778. The van der Waals surface area contributed by atoms with Gasteiger partial charge in [0, 0.05) is 25.5 Å². The molecule has 1 unspecified atom stereocenters. The standard InChI is InChI=1S/C36H64N2/c1-3-5-7-9-11-12-13-14-15-16-17-18-19-20-22-27-31-37-32-33-38(34-35-28-24-23-25-29-35)36(37)30-26-21-10-8-6-4-2/h23-25,28-29,32-33,36H,3-22,26-27,30-31,34H2,1-2H3. The smallest absolute Gasteiger partial charge is 0.101 e. The number of nitrogens with zero attached hydrogens (tertiary/aromatic N) is 2. The van der Waals surface area contributed by atoms with Gasteiger partial charge in [-0.2, -0.15) is 0 Å². The fourth-order valence-electron chi connectivity index (χ4n) is 6.02. The van der Waals surface area contributed by atoms with Crippen LogP contribution in [0.3, 0.4) is 0 Å². The van der Waals surface area contributed by atoms with Crippen LogP contribution in [0.15, 0.2) is 42.7 Å². The van der Waals surface area contributed by atoms with Gasteiger partial charge in [0.15, 0.2) is 0 Å². The van der Waals surface area contributed by atoms with Crippen LogP contribution in [-0.4, -0.2) is 22.5 Å². The Balaban J connectivity index is 1.52. The van der Waals surface area contributed by atoms with Crippen LogP contribution < -0.4 is 0 Å². The van der Waals surface area contributed by atoms with E-state index in [0.29, 0.717) is 6.17 Å². The number of benzene rings is 1. The van der Waals surface area contributed by atoms with Gasteiger partial charge in [-0.3, -0.25) is 0 Å². The van der Waals surface area contributed by atoms with Crippen molar-refractivity contribution in [3.63, 3.8) is 0 Å². The van der Waals surface area contributed by atoms with Crippen molar-refractivity contribution in [3.8, 4) is 0 Å². The lowest BCUT2D eigenvalue weighted by molar-refractivity contribution is 0.132. The molecule has 1 aromatic carbocycles. The molecule has 0 amide bonds. The summed E-state index contributed by atoms with van der Waals surface area (Å²) in [5.41, 5.74) is 1.43. The second kappa shape index (κ2) is 23.4. The lowest BCUT2D eigenvalue weighted by Crippen LogP contribution is -2.38. The molecule has 0 N–H and O–H groups in total. The first-order chi connectivity index (χ1) is 18.8. The van der Waals surface area contributed by atoms with E-state index >= 15 is 0 Å². The van der Waals surface area contributed by atoms with Crippen LogP contribution in [0, 0.1) is 0 Å². The Kier molecular flexibility index (Phi) is 20.2. The Labute approximate surface area is 238 Å². The van der Waals surface area contributed by atoms with Crippen LogP contribution in [-0.2, 0) is 6.54 Å². The average molecular weight is 525 g/mol. The fourth-order valence-corrected chi connectivity index (χ4v) is 6.02. The number of rotatable bonds is 26. The highest BCUT2D eigenvalue weighted by molar-refractivity contribution is 5.16. The van der Waals surface area contributed by atoms with Crippen molar-refractivity contribution in [1.82, 2.24) is 9.80 Å². The van der Waals surface area contributed by atoms with E-state index in [1.54, 1.807) is 0 Å². The summed E-state index contributed by atoms with van der Waals surface area (Å²) in [6, 6.07) is 11.0. The van der Waals surface area contributed by atoms with Gasteiger partial charge in [0.1, 0.15) is 6.17 Å². The summed E-state index contributed by atoms with van der Waals surface area (Å²) >= 11 is 0. The molecule has 218 valence electrons. The van der Waals surface area contributed by atoms with E-state index in [-0.39, 0.29) is 0 Å². The minimum atomic E-state index is 0.553. The van der Waals surface area contributed by atoms with E-state index in [1.165, 1.54) is 160 Å². The van der Waals surface area contributed by atoms with Gasteiger partial charge in [0.25, 0.3) is 0 Å². The van der Waals surface area contributed by atoms with Crippen molar-refractivity contribution in [2.24, 2.45) is 0 Å². The quantitative estimate of drug-likeness (QED) is 0.111. The van der Waals surface area contributed by atoms with Gasteiger partial charge in [-0.25, -0.2) is 0 Å². The molecule has 0 spiro atoms. The summed E-state index contributed by atoms with van der Waals surface area (Å²) < 4.78 is 0. The molecule has 1 aliphatic heterocycles. The van der Waals surface area contributed by atoms with Crippen molar-refractivity contribution >= 4 is 0 Å². The maximum atomic E-state index is 2.65. The zero-order valence-electron chi connectivity index (χ0n) is 25.7. The third-order valence-electron chi connectivity index (χ3n) is 8.51. The second-order valence-corrected chi connectivity index (χ2v) is 12.0. The zero-order chi connectivity index (χ0) is 26.9.